The van der Waals surface area contributed by atoms with Gasteiger partial charge in [0.2, 0.25) is 0 Å². The Hall–Kier alpha value is -7.41. The average Bonchev–Trinajstić information content (AvgIpc) is 3.18. The lowest BCUT2D eigenvalue weighted by Crippen LogP contribution is -1.94. The number of nitriles is 2. The van der Waals surface area contributed by atoms with Gasteiger partial charge < -0.3 is 4.85 Å². The second-order valence-corrected chi connectivity index (χ2v) is 10.6. The van der Waals surface area contributed by atoms with E-state index in [9.17, 15) is 10.5 Å². The molecule has 48 heavy (non-hydrogen) atoms. The Morgan fingerprint density at radius 3 is 1.17 bits per heavy atom. The molecule has 9 heteroatoms. The van der Waals surface area contributed by atoms with E-state index in [0.717, 1.165) is 50.5 Å². The number of pyridine rings is 6. The van der Waals surface area contributed by atoms with Crippen LogP contribution in [0.1, 0.15) is 11.4 Å². The van der Waals surface area contributed by atoms with Gasteiger partial charge in [0.15, 0.2) is 0 Å². The third-order valence-corrected chi connectivity index (χ3v) is 7.56. The highest BCUT2D eigenvalue weighted by Crippen LogP contribution is 2.34. The van der Waals surface area contributed by atoms with Crippen molar-refractivity contribution in [3.05, 3.63) is 151 Å². The normalized spacial score (nSPS) is 10.4. The van der Waals surface area contributed by atoms with Crippen LogP contribution in [0.15, 0.2) is 128 Å². The second-order valence-electron chi connectivity index (χ2n) is 10.6. The summed E-state index contributed by atoms with van der Waals surface area (Å²) in [6.45, 7) is 7.37. The molecular formula is C39H21N9. The molecule has 0 atom stereocenters. The minimum atomic E-state index is 0.299. The maximum absolute atomic E-state index is 9.38. The SMILES string of the molecule is [C-]#[N+]c1cc(-c2cccc(-c3cc(-c4cccc(-c5ccnc(C#N)c5)n4)cc(-c4cccc(-c5ccnc(C#N)c5)n4)c3)n2)ccn1. The Kier molecular flexibility index (Phi) is 7.88. The molecule has 0 aliphatic heterocycles. The highest BCUT2D eigenvalue weighted by Gasteiger charge is 2.13. The fraction of sp³-hybridized carbons (Fsp3) is 0. The molecule has 0 radical (unpaired) electrons. The van der Waals surface area contributed by atoms with E-state index in [4.69, 9.17) is 21.5 Å². The molecule has 0 spiro atoms. The Balaban J connectivity index is 1.38. The van der Waals surface area contributed by atoms with Crippen LogP contribution in [0.4, 0.5) is 5.82 Å². The largest absolute Gasteiger partial charge is 0.361 e. The fourth-order valence-corrected chi connectivity index (χ4v) is 5.28. The molecule has 1 aromatic carbocycles. The number of hydrogen-bond acceptors (Lipinski definition) is 8. The first-order chi connectivity index (χ1) is 23.6. The van der Waals surface area contributed by atoms with Gasteiger partial charge in [-0.3, -0.25) is 0 Å². The summed E-state index contributed by atoms with van der Waals surface area (Å²) < 4.78 is 0. The molecule has 7 aromatic rings. The van der Waals surface area contributed by atoms with Gasteiger partial charge >= 0.3 is 0 Å². The van der Waals surface area contributed by atoms with E-state index in [0.29, 0.717) is 34.3 Å². The van der Waals surface area contributed by atoms with Gasteiger partial charge in [0.05, 0.1) is 34.2 Å². The van der Waals surface area contributed by atoms with Crippen molar-refractivity contribution >= 4 is 5.82 Å². The van der Waals surface area contributed by atoms with E-state index < -0.39 is 0 Å². The van der Waals surface area contributed by atoms with Gasteiger partial charge in [-0.2, -0.15) is 10.5 Å². The molecule has 0 saturated carbocycles. The summed E-state index contributed by atoms with van der Waals surface area (Å²) in [4.78, 5) is 30.7. The maximum atomic E-state index is 9.38. The van der Waals surface area contributed by atoms with Crippen molar-refractivity contribution in [2.45, 2.75) is 0 Å². The Morgan fingerprint density at radius 2 is 0.792 bits per heavy atom. The van der Waals surface area contributed by atoms with Crippen LogP contribution in [-0.4, -0.2) is 29.9 Å². The van der Waals surface area contributed by atoms with Crippen LogP contribution < -0.4 is 0 Å². The molecule has 0 aliphatic rings. The molecule has 0 saturated heterocycles. The summed E-state index contributed by atoms with van der Waals surface area (Å²) >= 11 is 0. The standard InChI is InChI=1S/C39H21N9/c1-42-39-22-27(13-16-45-39)35-7-4-10-38(48-35)30-18-28(36-8-2-5-33(46-36)25-11-14-43-31(20-25)23-40)17-29(19-30)37-9-3-6-34(47-37)26-12-15-44-32(21-26)24-41/h2-22H. The molecular weight excluding hydrogens is 594 g/mol. The zero-order chi connectivity index (χ0) is 32.9. The van der Waals surface area contributed by atoms with Gasteiger partial charge in [0.25, 0.3) is 5.82 Å². The third-order valence-electron chi connectivity index (χ3n) is 7.56. The molecule has 0 N–H and O–H groups in total. The number of hydrogen-bond donors (Lipinski definition) is 0. The van der Waals surface area contributed by atoms with E-state index in [1.54, 1.807) is 36.8 Å². The topological polar surface area (TPSA) is 129 Å². The van der Waals surface area contributed by atoms with Crippen LogP contribution in [-0.2, 0) is 0 Å². The molecule has 222 valence electrons. The summed E-state index contributed by atoms with van der Waals surface area (Å²) in [5.41, 5.74) is 9.82. The van der Waals surface area contributed by atoms with Crippen LogP contribution in [0.25, 0.3) is 72.4 Å². The van der Waals surface area contributed by atoms with Gasteiger partial charge in [-0.15, -0.1) is 4.98 Å². The molecule has 0 bridgehead atoms. The van der Waals surface area contributed by atoms with Gasteiger partial charge in [-0.05, 0) is 96.6 Å². The Bertz CT molecular complexity index is 2180. The fourth-order valence-electron chi connectivity index (χ4n) is 5.28. The number of benzene rings is 1. The molecule has 0 unspecified atom stereocenters. The van der Waals surface area contributed by atoms with Crippen molar-refractivity contribution in [3.63, 3.8) is 0 Å². The number of aromatic nitrogens is 6. The lowest BCUT2D eigenvalue weighted by atomic mass is 9.98. The van der Waals surface area contributed by atoms with Crippen LogP contribution >= 0.6 is 0 Å². The number of rotatable bonds is 6. The second kappa shape index (κ2) is 12.9. The van der Waals surface area contributed by atoms with Crippen LogP contribution in [0.3, 0.4) is 0 Å². The highest BCUT2D eigenvalue weighted by atomic mass is 14.9. The lowest BCUT2D eigenvalue weighted by molar-refractivity contribution is 1.24. The van der Waals surface area contributed by atoms with Gasteiger partial charge in [-0.1, -0.05) is 24.8 Å². The molecule has 7 rings (SSSR count). The molecule has 6 heterocycles. The monoisotopic (exact) mass is 615 g/mol. The predicted molar refractivity (Wildman–Crippen MR) is 182 cm³/mol. The summed E-state index contributed by atoms with van der Waals surface area (Å²) in [5.74, 6) is 0.299. The average molecular weight is 616 g/mol. The Labute approximate surface area is 276 Å². The van der Waals surface area contributed by atoms with Gasteiger partial charge in [-0.25, -0.2) is 24.9 Å². The highest BCUT2D eigenvalue weighted by molar-refractivity contribution is 5.80. The van der Waals surface area contributed by atoms with Crippen molar-refractivity contribution in [2.75, 3.05) is 0 Å². The van der Waals surface area contributed by atoms with Crippen molar-refractivity contribution in [1.29, 1.82) is 10.5 Å². The van der Waals surface area contributed by atoms with Gasteiger partial charge in [0, 0.05) is 40.2 Å². The van der Waals surface area contributed by atoms with Crippen LogP contribution in [0, 0.1) is 29.2 Å². The van der Waals surface area contributed by atoms with Crippen LogP contribution in [0.5, 0.6) is 0 Å². The summed E-state index contributed by atoms with van der Waals surface area (Å²) in [6, 6.07) is 38.3. The van der Waals surface area contributed by atoms with Crippen molar-refractivity contribution < 1.29 is 0 Å². The van der Waals surface area contributed by atoms with Crippen molar-refractivity contribution in [3.8, 4) is 79.7 Å². The molecule has 0 amide bonds. The lowest BCUT2D eigenvalue weighted by Gasteiger charge is -2.12. The zero-order valence-electron chi connectivity index (χ0n) is 25.1. The minimum absolute atomic E-state index is 0.299. The Morgan fingerprint density at radius 1 is 0.438 bits per heavy atom. The van der Waals surface area contributed by atoms with Crippen molar-refractivity contribution in [1.82, 2.24) is 29.9 Å². The smallest absolute Gasteiger partial charge is 0.270 e. The quantitative estimate of drug-likeness (QED) is 0.171. The molecule has 6 aromatic heterocycles. The summed E-state index contributed by atoms with van der Waals surface area (Å²) in [7, 11) is 0. The van der Waals surface area contributed by atoms with E-state index in [1.807, 2.05) is 91.0 Å². The first-order valence-corrected chi connectivity index (χ1v) is 14.7. The summed E-state index contributed by atoms with van der Waals surface area (Å²) in [5, 5.41) is 18.8. The third kappa shape index (κ3) is 6.09. The first kappa shape index (κ1) is 29.3. The van der Waals surface area contributed by atoms with Gasteiger partial charge in [0.1, 0.15) is 29.7 Å². The van der Waals surface area contributed by atoms with E-state index in [-0.39, 0.29) is 0 Å². The first-order valence-electron chi connectivity index (χ1n) is 14.7. The van der Waals surface area contributed by atoms with E-state index >= 15 is 0 Å². The maximum Gasteiger partial charge on any atom is 0.270 e. The van der Waals surface area contributed by atoms with Crippen LogP contribution in [0.2, 0.25) is 0 Å². The van der Waals surface area contributed by atoms with Crippen molar-refractivity contribution in [2.24, 2.45) is 0 Å². The molecule has 0 fully saturated rings. The zero-order valence-corrected chi connectivity index (χ0v) is 25.1. The van der Waals surface area contributed by atoms with E-state index in [2.05, 4.69) is 31.9 Å². The minimum Gasteiger partial charge on any atom is -0.361 e. The summed E-state index contributed by atoms with van der Waals surface area (Å²) in [6.07, 6.45) is 4.81. The predicted octanol–water partition coefficient (Wildman–Crippen LogP) is 8.35. The number of nitrogens with zero attached hydrogens (tertiary/aromatic N) is 9. The molecule has 0 aliphatic carbocycles. The van der Waals surface area contributed by atoms with E-state index in [1.165, 1.54) is 0 Å². The molecule has 9 nitrogen and oxygen atoms in total.